The molecule has 1 amide bonds. The van der Waals surface area contributed by atoms with Gasteiger partial charge < -0.3 is 20.4 Å². The summed E-state index contributed by atoms with van der Waals surface area (Å²) in [4.78, 5) is 23.5. The predicted molar refractivity (Wildman–Crippen MR) is 101 cm³/mol. The van der Waals surface area contributed by atoms with Crippen molar-refractivity contribution in [2.24, 2.45) is 23.7 Å². The standard InChI is InChI=1S/C19H26N6O3/c1-11-16(19(28)22-4-2-12-3-5-23-24-12)13-9-25(15-8-20-6-7-21-15)10-14(13)18(27)17(11)26/h3,5-8,11,13-14,16-18,26-27H,2,4,9-10H2,1H3,(H,22,28)(H,23,24)/t11-,13+,14+,16+,17+,18+/m1/s1. The van der Waals surface area contributed by atoms with E-state index in [0.717, 1.165) is 11.5 Å². The van der Waals surface area contributed by atoms with Crippen LogP contribution in [0.1, 0.15) is 12.6 Å². The van der Waals surface area contributed by atoms with Gasteiger partial charge in [0.1, 0.15) is 5.82 Å². The predicted octanol–water partition coefficient (Wildman–Crippen LogP) is -0.401. The van der Waals surface area contributed by atoms with E-state index in [1.54, 1.807) is 24.8 Å². The van der Waals surface area contributed by atoms with Crippen molar-refractivity contribution in [3.8, 4) is 0 Å². The van der Waals surface area contributed by atoms with Gasteiger partial charge in [-0.15, -0.1) is 0 Å². The van der Waals surface area contributed by atoms with Crippen LogP contribution >= 0.6 is 0 Å². The molecule has 150 valence electrons. The summed E-state index contributed by atoms with van der Waals surface area (Å²) in [7, 11) is 0. The largest absolute Gasteiger partial charge is 0.390 e. The zero-order valence-electron chi connectivity index (χ0n) is 15.8. The van der Waals surface area contributed by atoms with E-state index in [1.165, 1.54) is 0 Å². The molecule has 1 saturated carbocycles. The number of rotatable bonds is 5. The van der Waals surface area contributed by atoms with Gasteiger partial charge in [0.2, 0.25) is 5.91 Å². The number of amides is 1. The van der Waals surface area contributed by atoms with Crippen molar-refractivity contribution in [1.82, 2.24) is 25.5 Å². The molecule has 2 aromatic rings. The van der Waals surface area contributed by atoms with Crippen LogP contribution in [0.25, 0.3) is 0 Å². The average molecular weight is 386 g/mol. The van der Waals surface area contributed by atoms with Crippen LogP contribution in [0.15, 0.2) is 30.9 Å². The molecule has 9 heteroatoms. The molecule has 1 saturated heterocycles. The van der Waals surface area contributed by atoms with Gasteiger partial charge in [-0.1, -0.05) is 6.92 Å². The molecule has 1 aliphatic heterocycles. The van der Waals surface area contributed by atoms with Crippen LogP contribution in [0.5, 0.6) is 0 Å². The summed E-state index contributed by atoms with van der Waals surface area (Å²) < 4.78 is 0. The number of nitrogens with zero attached hydrogens (tertiary/aromatic N) is 4. The maximum Gasteiger partial charge on any atom is 0.223 e. The number of hydrogen-bond acceptors (Lipinski definition) is 7. The second-order valence-corrected chi connectivity index (χ2v) is 7.79. The normalized spacial score (nSPS) is 32.2. The van der Waals surface area contributed by atoms with E-state index < -0.39 is 12.2 Å². The quantitative estimate of drug-likeness (QED) is 0.550. The van der Waals surface area contributed by atoms with Crippen LogP contribution in [0.4, 0.5) is 5.82 Å². The number of aliphatic hydroxyl groups is 2. The number of carbonyl (C=O) groups is 1. The molecule has 2 aromatic heterocycles. The van der Waals surface area contributed by atoms with Gasteiger partial charge in [-0.2, -0.15) is 5.10 Å². The monoisotopic (exact) mass is 386 g/mol. The number of anilines is 1. The molecule has 2 fully saturated rings. The van der Waals surface area contributed by atoms with Gasteiger partial charge >= 0.3 is 0 Å². The zero-order valence-corrected chi connectivity index (χ0v) is 15.8. The lowest BCUT2D eigenvalue weighted by molar-refractivity contribution is -0.145. The van der Waals surface area contributed by atoms with Crippen molar-refractivity contribution in [1.29, 1.82) is 0 Å². The van der Waals surface area contributed by atoms with Gasteiger partial charge in [-0.25, -0.2) is 4.98 Å². The molecule has 0 bridgehead atoms. The second-order valence-electron chi connectivity index (χ2n) is 7.79. The van der Waals surface area contributed by atoms with E-state index in [0.29, 0.717) is 26.1 Å². The fraction of sp³-hybridized carbons (Fsp3) is 0.579. The number of hydrogen-bond donors (Lipinski definition) is 4. The van der Waals surface area contributed by atoms with Gasteiger partial charge in [-0.05, 0) is 17.9 Å². The number of aromatic amines is 1. The molecule has 0 aromatic carbocycles. The Hall–Kier alpha value is -2.52. The van der Waals surface area contributed by atoms with Crippen LogP contribution in [0.3, 0.4) is 0 Å². The third kappa shape index (κ3) is 3.47. The van der Waals surface area contributed by atoms with E-state index >= 15 is 0 Å². The molecule has 0 radical (unpaired) electrons. The van der Waals surface area contributed by atoms with Crippen LogP contribution in [0.2, 0.25) is 0 Å². The fourth-order valence-electron chi connectivity index (χ4n) is 4.70. The third-order valence-corrected chi connectivity index (χ3v) is 6.20. The lowest BCUT2D eigenvalue weighted by Crippen LogP contribution is -2.55. The topological polar surface area (TPSA) is 127 Å². The Balaban J connectivity index is 1.48. The number of fused-ring (bicyclic) bond motifs is 1. The highest BCUT2D eigenvalue weighted by atomic mass is 16.3. The van der Waals surface area contributed by atoms with E-state index in [2.05, 4.69) is 25.5 Å². The molecule has 2 aliphatic rings. The summed E-state index contributed by atoms with van der Waals surface area (Å²) in [5.41, 5.74) is 0.958. The molecule has 0 spiro atoms. The maximum atomic E-state index is 13.0. The summed E-state index contributed by atoms with van der Waals surface area (Å²) >= 11 is 0. The molecule has 4 rings (SSSR count). The lowest BCUT2D eigenvalue weighted by atomic mass is 9.65. The van der Waals surface area contributed by atoms with E-state index in [4.69, 9.17) is 0 Å². The summed E-state index contributed by atoms with van der Waals surface area (Å²) in [6, 6.07) is 1.88. The van der Waals surface area contributed by atoms with Crippen molar-refractivity contribution >= 4 is 11.7 Å². The first kappa shape index (κ1) is 18.8. The Morgan fingerprint density at radius 2 is 2.07 bits per heavy atom. The Labute approximate surface area is 163 Å². The Bertz CT molecular complexity index is 786. The molecule has 0 unspecified atom stereocenters. The third-order valence-electron chi connectivity index (χ3n) is 6.20. The van der Waals surface area contributed by atoms with Crippen LogP contribution in [-0.4, -0.2) is 68.1 Å². The number of carbonyl (C=O) groups excluding carboxylic acids is 1. The SMILES string of the molecule is C[C@H]1[C@H](O)[C@@H](O)[C@H]2CN(c3cnccn3)C[C@@H]2[C@H]1C(=O)NCCc1ccn[nH]1. The average Bonchev–Trinajstić information content (AvgIpc) is 3.37. The molecule has 3 heterocycles. The highest BCUT2D eigenvalue weighted by Crippen LogP contribution is 2.44. The van der Waals surface area contributed by atoms with Crippen molar-refractivity contribution in [2.75, 3.05) is 24.5 Å². The summed E-state index contributed by atoms with van der Waals surface area (Å²) in [5, 5.41) is 31.0. The zero-order chi connectivity index (χ0) is 19.7. The minimum absolute atomic E-state index is 0.0532. The van der Waals surface area contributed by atoms with Crippen molar-refractivity contribution < 1.29 is 15.0 Å². The Kier molecular flexibility index (Phi) is 5.27. The van der Waals surface area contributed by atoms with Gasteiger partial charge in [0, 0.05) is 62.2 Å². The molecule has 6 atom stereocenters. The van der Waals surface area contributed by atoms with Crippen LogP contribution in [-0.2, 0) is 11.2 Å². The van der Waals surface area contributed by atoms with E-state index in [1.807, 2.05) is 17.9 Å². The van der Waals surface area contributed by atoms with Gasteiger partial charge in [-0.3, -0.25) is 14.9 Å². The summed E-state index contributed by atoms with van der Waals surface area (Å²) in [6.07, 6.45) is 5.50. The molecular formula is C19H26N6O3. The maximum absolute atomic E-state index is 13.0. The van der Waals surface area contributed by atoms with E-state index in [9.17, 15) is 15.0 Å². The first-order valence-electron chi connectivity index (χ1n) is 9.69. The highest BCUT2D eigenvalue weighted by molar-refractivity contribution is 5.80. The number of aliphatic hydroxyl groups excluding tert-OH is 2. The molecule has 4 N–H and O–H groups in total. The lowest BCUT2D eigenvalue weighted by Gasteiger charge is -2.43. The first-order valence-corrected chi connectivity index (χ1v) is 9.69. The Morgan fingerprint density at radius 1 is 1.25 bits per heavy atom. The van der Waals surface area contributed by atoms with Gasteiger partial charge in [0.15, 0.2) is 0 Å². The van der Waals surface area contributed by atoms with Crippen molar-refractivity contribution in [2.45, 2.75) is 25.6 Å². The summed E-state index contributed by atoms with van der Waals surface area (Å²) in [6.45, 7) is 3.49. The Morgan fingerprint density at radius 3 is 2.79 bits per heavy atom. The van der Waals surface area contributed by atoms with E-state index in [-0.39, 0.29) is 29.6 Å². The first-order chi connectivity index (χ1) is 13.6. The smallest absolute Gasteiger partial charge is 0.223 e. The van der Waals surface area contributed by atoms with Crippen molar-refractivity contribution in [3.63, 3.8) is 0 Å². The second kappa shape index (κ2) is 7.84. The highest BCUT2D eigenvalue weighted by Gasteiger charge is 2.54. The molecule has 28 heavy (non-hydrogen) atoms. The van der Waals surface area contributed by atoms with Crippen LogP contribution in [0, 0.1) is 23.7 Å². The fourth-order valence-corrected chi connectivity index (χ4v) is 4.70. The van der Waals surface area contributed by atoms with Crippen LogP contribution < -0.4 is 10.2 Å². The number of H-pyrrole nitrogens is 1. The molecule has 9 nitrogen and oxygen atoms in total. The minimum atomic E-state index is -0.925. The van der Waals surface area contributed by atoms with Gasteiger partial charge in [0.25, 0.3) is 0 Å². The molecule has 1 aliphatic carbocycles. The minimum Gasteiger partial charge on any atom is -0.390 e. The number of aromatic nitrogens is 4. The number of nitrogens with one attached hydrogen (secondary N) is 2. The van der Waals surface area contributed by atoms with Crippen molar-refractivity contribution in [3.05, 3.63) is 36.5 Å². The van der Waals surface area contributed by atoms with Gasteiger partial charge in [0.05, 0.1) is 18.4 Å². The summed E-state index contributed by atoms with van der Waals surface area (Å²) in [5.74, 6) is -0.283. The molecular weight excluding hydrogens is 360 g/mol.